The fraction of sp³-hybridized carbons (Fsp3) is 0.545. The first-order valence-corrected chi connectivity index (χ1v) is 5.76. The molecular formula is C11H15N3O4. The van der Waals surface area contributed by atoms with Gasteiger partial charge in [-0.2, -0.15) is 0 Å². The Labute approximate surface area is 104 Å². The molecule has 7 nitrogen and oxygen atoms in total. The van der Waals surface area contributed by atoms with Crippen LogP contribution < -0.4 is 5.32 Å². The Hall–Kier alpha value is -1.89. The van der Waals surface area contributed by atoms with Crippen LogP contribution in [-0.4, -0.2) is 46.2 Å². The maximum atomic E-state index is 11.7. The predicted molar refractivity (Wildman–Crippen MR) is 62.1 cm³/mol. The minimum Gasteiger partial charge on any atom is -0.480 e. The monoisotopic (exact) mass is 253 g/mol. The van der Waals surface area contributed by atoms with Crippen molar-refractivity contribution in [1.29, 1.82) is 0 Å². The molecule has 0 saturated carbocycles. The van der Waals surface area contributed by atoms with Gasteiger partial charge in [0, 0.05) is 6.07 Å². The fourth-order valence-corrected chi connectivity index (χ4v) is 2.09. The Morgan fingerprint density at radius 1 is 1.67 bits per heavy atom. The van der Waals surface area contributed by atoms with E-state index in [1.54, 1.807) is 17.9 Å². The molecule has 0 spiro atoms. The summed E-state index contributed by atoms with van der Waals surface area (Å²) in [5, 5.41) is 15.2. The number of anilines is 1. The number of hydrogen-bond donors (Lipinski definition) is 2. The molecule has 1 amide bonds. The zero-order valence-corrected chi connectivity index (χ0v) is 10.0. The molecule has 1 fully saturated rings. The third-order valence-electron chi connectivity index (χ3n) is 2.89. The lowest BCUT2D eigenvalue weighted by molar-refractivity contribution is -0.142. The van der Waals surface area contributed by atoms with Gasteiger partial charge in [0.2, 0.25) is 5.91 Å². The lowest BCUT2D eigenvalue weighted by Crippen LogP contribution is -2.40. The Bertz CT molecular complexity index is 457. The van der Waals surface area contributed by atoms with E-state index in [0.717, 1.165) is 6.42 Å². The van der Waals surface area contributed by atoms with Crippen molar-refractivity contribution in [3.05, 3.63) is 11.8 Å². The van der Waals surface area contributed by atoms with Crippen LogP contribution in [0.15, 0.2) is 10.6 Å². The van der Waals surface area contributed by atoms with Gasteiger partial charge in [0.1, 0.15) is 11.8 Å². The van der Waals surface area contributed by atoms with Crippen LogP contribution in [-0.2, 0) is 9.59 Å². The Morgan fingerprint density at radius 2 is 2.44 bits per heavy atom. The first-order valence-electron chi connectivity index (χ1n) is 5.76. The molecule has 1 aliphatic rings. The molecule has 18 heavy (non-hydrogen) atoms. The molecular weight excluding hydrogens is 238 g/mol. The standard InChI is InChI=1S/C11H15N3O4/c1-7-5-9(13-18-7)12-10(15)6-14-4-2-3-8(14)11(16)17/h5,8H,2-4,6H2,1H3,(H,16,17)(H,12,13,15)/t8-/m0/s1. The zero-order valence-electron chi connectivity index (χ0n) is 10.0. The van der Waals surface area contributed by atoms with Crippen molar-refractivity contribution < 1.29 is 19.2 Å². The highest BCUT2D eigenvalue weighted by molar-refractivity contribution is 5.91. The minimum atomic E-state index is -0.877. The van der Waals surface area contributed by atoms with Gasteiger partial charge in [0.05, 0.1) is 6.54 Å². The van der Waals surface area contributed by atoms with Gasteiger partial charge in [0.25, 0.3) is 0 Å². The third-order valence-corrected chi connectivity index (χ3v) is 2.89. The number of aliphatic carboxylic acids is 1. The number of rotatable bonds is 4. The molecule has 1 saturated heterocycles. The van der Waals surface area contributed by atoms with Gasteiger partial charge in [-0.15, -0.1) is 0 Å². The zero-order chi connectivity index (χ0) is 13.1. The van der Waals surface area contributed by atoms with Crippen molar-refractivity contribution in [2.45, 2.75) is 25.8 Å². The van der Waals surface area contributed by atoms with E-state index >= 15 is 0 Å². The first kappa shape index (κ1) is 12.6. The highest BCUT2D eigenvalue weighted by Crippen LogP contribution is 2.17. The number of aromatic nitrogens is 1. The summed E-state index contributed by atoms with van der Waals surface area (Å²) < 4.78 is 4.82. The van der Waals surface area contributed by atoms with Crippen LogP contribution in [0, 0.1) is 6.92 Å². The highest BCUT2D eigenvalue weighted by Gasteiger charge is 2.31. The molecule has 0 unspecified atom stereocenters. The van der Waals surface area contributed by atoms with Gasteiger partial charge in [-0.05, 0) is 26.3 Å². The SMILES string of the molecule is Cc1cc(NC(=O)CN2CCC[C@H]2C(=O)O)no1. The summed E-state index contributed by atoms with van der Waals surface area (Å²) in [6.45, 7) is 2.41. The summed E-state index contributed by atoms with van der Waals surface area (Å²) in [5.41, 5.74) is 0. The molecule has 0 bridgehead atoms. The average Bonchev–Trinajstić information content (AvgIpc) is 2.87. The average molecular weight is 253 g/mol. The number of carbonyl (C=O) groups excluding carboxylic acids is 1. The van der Waals surface area contributed by atoms with Crippen molar-refractivity contribution in [3.8, 4) is 0 Å². The minimum absolute atomic E-state index is 0.0584. The summed E-state index contributed by atoms with van der Waals surface area (Å²) in [4.78, 5) is 24.3. The summed E-state index contributed by atoms with van der Waals surface area (Å²) >= 11 is 0. The maximum Gasteiger partial charge on any atom is 0.320 e. The number of nitrogens with zero attached hydrogens (tertiary/aromatic N) is 2. The summed E-state index contributed by atoms with van der Waals surface area (Å²) in [5.74, 6) is -0.201. The second-order valence-electron chi connectivity index (χ2n) is 4.34. The Kier molecular flexibility index (Phi) is 3.61. The van der Waals surface area contributed by atoms with E-state index in [-0.39, 0.29) is 12.5 Å². The van der Waals surface area contributed by atoms with Crippen LogP contribution >= 0.6 is 0 Å². The number of nitrogens with one attached hydrogen (secondary N) is 1. The number of amides is 1. The molecule has 0 aromatic carbocycles. The molecule has 1 aromatic rings. The van der Waals surface area contributed by atoms with Crippen LogP contribution in [0.1, 0.15) is 18.6 Å². The van der Waals surface area contributed by atoms with E-state index in [1.807, 2.05) is 0 Å². The van der Waals surface area contributed by atoms with E-state index in [0.29, 0.717) is 24.5 Å². The van der Waals surface area contributed by atoms with Crippen LogP contribution in [0.2, 0.25) is 0 Å². The highest BCUT2D eigenvalue weighted by atomic mass is 16.5. The number of likely N-dealkylation sites (tertiary alicyclic amines) is 1. The van der Waals surface area contributed by atoms with Gasteiger partial charge < -0.3 is 14.9 Å². The molecule has 0 aliphatic carbocycles. The molecule has 2 rings (SSSR count). The number of carbonyl (C=O) groups is 2. The van der Waals surface area contributed by atoms with Crippen LogP contribution in [0.4, 0.5) is 5.82 Å². The lowest BCUT2D eigenvalue weighted by atomic mass is 10.2. The van der Waals surface area contributed by atoms with Gasteiger partial charge in [-0.3, -0.25) is 14.5 Å². The number of hydrogen-bond acceptors (Lipinski definition) is 5. The van der Waals surface area contributed by atoms with E-state index in [1.165, 1.54) is 0 Å². The molecule has 1 aliphatic heterocycles. The van der Waals surface area contributed by atoms with E-state index in [9.17, 15) is 9.59 Å². The van der Waals surface area contributed by atoms with Crippen molar-refractivity contribution in [3.63, 3.8) is 0 Å². The fourth-order valence-electron chi connectivity index (χ4n) is 2.09. The molecule has 2 heterocycles. The van der Waals surface area contributed by atoms with Crippen molar-refractivity contribution in [2.24, 2.45) is 0 Å². The van der Waals surface area contributed by atoms with E-state index in [2.05, 4.69) is 10.5 Å². The number of aryl methyl sites for hydroxylation is 1. The normalized spacial score (nSPS) is 19.9. The smallest absolute Gasteiger partial charge is 0.320 e. The largest absolute Gasteiger partial charge is 0.480 e. The van der Waals surface area contributed by atoms with E-state index in [4.69, 9.17) is 9.63 Å². The molecule has 1 aromatic heterocycles. The molecule has 98 valence electrons. The molecule has 2 N–H and O–H groups in total. The molecule has 7 heteroatoms. The van der Waals surface area contributed by atoms with E-state index < -0.39 is 12.0 Å². The second kappa shape index (κ2) is 5.18. The van der Waals surface area contributed by atoms with Gasteiger partial charge in [-0.1, -0.05) is 5.16 Å². The van der Waals surface area contributed by atoms with Gasteiger partial charge in [0.15, 0.2) is 5.82 Å². The summed E-state index contributed by atoms with van der Waals surface area (Å²) in [7, 11) is 0. The van der Waals surface area contributed by atoms with Gasteiger partial charge in [-0.25, -0.2) is 0 Å². The van der Waals surface area contributed by atoms with Crippen molar-refractivity contribution in [2.75, 3.05) is 18.4 Å². The van der Waals surface area contributed by atoms with Crippen molar-refractivity contribution in [1.82, 2.24) is 10.1 Å². The lowest BCUT2D eigenvalue weighted by Gasteiger charge is -2.19. The summed E-state index contributed by atoms with van der Waals surface area (Å²) in [6.07, 6.45) is 1.39. The topological polar surface area (TPSA) is 95.7 Å². The van der Waals surface area contributed by atoms with Crippen LogP contribution in [0.25, 0.3) is 0 Å². The predicted octanol–water partition coefficient (Wildman–Crippen LogP) is 0.471. The van der Waals surface area contributed by atoms with Crippen LogP contribution in [0.3, 0.4) is 0 Å². The second-order valence-corrected chi connectivity index (χ2v) is 4.34. The molecule has 0 radical (unpaired) electrons. The van der Waals surface area contributed by atoms with Gasteiger partial charge >= 0.3 is 5.97 Å². The maximum absolute atomic E-state index is 11.7. The summed E-state index contributed by atoms with van der Waals surface area (Å²) in [6, 6.07) is 1.05. The third kappa shape index (κ3) is 2.86. The van der Waals surface area contributed by atoms with Crippen LogP contribution in [0.5, 0.6) is 0 Å². The quantitative estimate of drug-likeness (QED) is 0.809. The Morgan fingerprint density at radius 3 is 3.06 bits per heavy atom. The first-order chi connectivity index (χ1) is 8.56. The Balaban J connectivity index is 1.89. The number of carboxylic acid groups (broad SMARTS) is 1. The number of carboxylic acids is 1. The molecule has 1 atom stereocenters. The van der Waals surface area contributed by atoms with Crippen molar-refractivity contribution >= 4 is 17.7 Å².